The highest BCUT2D eigenvalue weighted by atomic mass is 16.3. The molecule has 1 saturated heterocycles. The van der Waals surface area contributed by atoms with Crippen molar-refractivity contribution in [3.8, 4) is 0 Å². The van der Waals surface area contributed by atoms with Crippen LogP contribution in [-0.4, -0.2) is 24.3 Å². The van der Waals surface area contributed by atoms with Crippen LogP contribution in [0.2, 0.25) is 0 Å². The van der Waals surface area contributed by atoms with Crippen LogP contribution >= 0.6 is 0 Å². The molecule has 3 aliphatic carbocycles. The molecule has 4 bridgehead atoms. The average molecular weight is 318 g/mol. The molecule has 0 aromatic carbocycles. The molecule has 0 amide bonds. The lowest BCUT2D eigenvalue weighted by atomic mass is 9.42. The molecule has 23 heavy (non-hydrogen) atoms. The van der Waals surface area contributed by atoms with E-state index in [1.807, 2.05) is 0 Å². The topological polar surface area (TPSA) is 32.3 Å². The van der Waals surface area contributed by atoms with Gasteiger partial charge in [0.25, 0.3) is 0 Å². The first kappa shape index (κ1) is 16.1. The minimum atomic E-state index is 0.236. The van der Waals surface area contributed by atoms with E-state index in [4.69, 9.17) is 0 Å². The van der Waals surface area contributed by atoms with E-state index in [0.29, 0.717) is 18.1 Å². The molecular weight excluding hydrogens is 282 g/mol. The molecule has 0 radical (unpaired) electrons. The fourth-order valence-corrected chi connectivity index (χ4v) is 7.37. The number of hydrogen-bond acceptors (Lipinski definition) is 2. The molecule has 0 aromatic heterocycles. The summed E-state index contributed by atoms with van der Waals surface area (Å²) in [5, 5.41) is 14.1. The van der Waals surface area contributed by atoms with E-state index >= 15 is 0 Å². The summed E-state index contributed by atoms with van der Waals surface area (Å²) in [4.78, 5) is 0. The summed E-state index contributed by atoms with van der Waals surface area (Å²) in [6.45, 7) is 8.98. The van der Waals surface area contributed by atoms with Crippen molar-refractivity contribution in [2.45, 2.75) is 78.2 Å². The normalized spacial score (nSPS) is 46.0. The van der Waals surface area contributed by atoms with E-state index in [9.17, 15) is 5.11 Å². The number of allylic oxidation sites excluding steroid dienone is 1. The van der Waals surface area contributed by atoms with Crippen LogP contribution in [0.25, 0.3) is 0 Å². The number of hydrogen-bond donors (Lipinski definition) is 2. The number of aliphatic hydroxyl groups excluding tert-OH is 1. The monoisotopic (exact) mass is 317 g/mol. The summed E-state index contributed by atoms with van der Waals surface area (Å²) in [5.74, 6) is 2.30. The Morgan fingerprint density at radius 2 is 2.04 bits per heavy atom. The van der Waals surface area contributed by atoms with Crippen molar-refractivity contribution >= 4 is 0 Å². The Morgan fingerprint density at radius 1 is 1.22 bits per heavy atom. The molecule has 130 valence electrons. The zero-order valence-electron chi connectivity index (χ0n) is 15.3. The van der Waals surface area contributed by atoms with Gasteiger partial charge in [0.2, 0.25) is 0 Å². The lowest BCUT2D eigenvalue weighted by molar-refractivity contribution is -0.121. The summed E-state index contributed by atoms with van der Waals surface area (Å²) >= 11 is 0. The van der Waals surface area contributed by atoms with Gasteiger partial charge < -0.3 is 10.4 Å². The fourth-order valence-electron chi connectivity index (χ4n) is 7.37. The maximum atomic E-state index is 10.1. The Labute approximate surface area is 142 Å². The van der Waals surface area contributed by atoms with Crippen molar-refractivity contribution in [1.82, 2.24) is 5.32 Å². The second-order valence-corrected chi connectivity index (χ2v) is 9.37. The van der Waals surface area contributed by atoms with Crippen LogP contribution in [0.4, 0.5) is 0 Å². The van der Waals surface area contributed by atoms with E-state index < -0.39 is 0 Å². The predicted molar refractivity (Wildman–Crippen MR) is 95.2 cm³/mol. The highest BCUT2D eigenvalue weighted by molar-refractivity contribution is 5.37. The summed E-state index contributed by atoms with van der Waals surface area (Å²) in [6, 6.07) is 0.589. The van der Waals surface area contributed by atoms with Crippen LogP contribution in [-0.2, 0) is 0 Å². The molecule has 2 nitrogen and oxygen atoms in total. The number of rotatable bonds is 3. The second-order valence-electron chi connectivity index (χ2n) is 9.37. The first-order chi connectivity index (χ1) is 11.0. The Bertz CT molecular complexity index is 510. The van der Waals surface area contributed by atoms with E-state index in [-0.39, 0.29) is 5.41 Å². The van der Waals surface area contributed by atoms with E-state index in [1.54, 1.807) is 11.1 Å². The van der Waals surface area contributed by atoms with Crippen LogP contribution in [0.1, 0.15) is 72.1 Å². The standard InChI is InChI=1S/C21H35NO/c1-14(2)17-9-10-20(3)16-8-7-15-5-4-6-18(15)21(20,11-12-23)19(17)22-13-16/h14,16-17,19,22-23H,4-13H2,1-3H3/t16-,17+,19-,20-,21-/m0/s1. The summed E-state index contributed by atoms with van der Waals surface area (Å²) in [5.41, 5.74) is 4.24. The smallest absolute Gasteiger partial charge is 0.0440 e. The third kappa shape index (κ3) is 2.00. The van der Waals surface area contributed by atoms with Gasteiger partial charge in [-0.1, -0.05) is 31.9 Å². The molecule has 4 aliphatic rings. The summed E-state index contributed by atoms with van der Waals surface area (Å²) < 4.78 is 0. The summed E-state index contributed by atoms with van der Waals surface area (Å²) in [6.07, 6.45) is 10.4. The van der Waals surface area contributed by atoms with E-state index in [2.05, 4.69) is 26.1 Å². The maximum absolute atomic E-state index is 10.1. The van der Waals surface area contributed by atoms with Crippen molar-refractivity contribution in [1.29, 1.82) is 0 Å². The Hall–Kier alpha value is -0.340. The highest BCUT2D eigenvalue weighted by Crippen LogP contribution is 2.68. The Balaban J connectivity index is 1.90. The molecule has 0 spiro atoms. The van der Waals surface area contributed by atoms with Crippen LogP contribution in [0.5, 0.6) is 0 Å². The lowest BCUT2D eigenvalue weighted by Crippen LogP contribution is -2.69. The third-order valence-electron chi connectivity index (χ3n) is 8.49. The highest BCUT2D eigenvalue weighted by Gasteiger charge is 2.65. The van der Waals surface area contributed by atoms with Gasteiger partial charge in [0.1, 0.15) is 0 Å². The minimum Gasteiger partial charge on any atom is -0.396 e. The molecule has 2 N–H and O–H groups in total. The van der Waals surface area contributed by atoms with Crippen molar-refractivity contribution in [2.24, 2.45) is 28.6 Å². The van der Waals surface area contributed by atoms with Crippen LogP contribution < -0.4 is 5.32 Å². The van der Waals surface area contributed by atoms with E-state index in [1.165, 1.54) is 51.5 Å². The van der Waals surface area contributed by atoms with Crippen molar-refractivity contribution < 1.29 is 5.11 Å². The van der Waals surface area contributed by atoms with Crippen LogP contribution in [0.15, 0.2) is 11.1 Å². The van der Waals surface area contributed by atoms with Crippen LogP contribution in [0.3, 0.4) is 0 Å². The van der Waals surface area contributed by atoms with Gasteiger partial charge in [-0.05, 0) is 81.1 Å². The van der Waals surface area contributed by atoms with Gasteiger partial charge >= 0.3 is 0 Å². The molecule has 0 unspecified atom stereocenters. The summed E-state index contributed by atoms with van der Waals surface area (Å²) in [7, 11) is 0. The van der Waals surface area contributed by atoms with Gasteiger partial charge in [-0.15, -0.1) is 0 Å². The lowest BCUT2D eigenvalue weighted by Gasteiger charge is -2.66. The van der Waals surface area contributed by atoms with Gasteiger partial charge in [-0.25, -0.2) is 0 Å². The third-order valence-corrected chi connectivity index (χ3v) is 8.49. The molecule has 4 rings (SSSR count). The van der Waals surface area contributed by atoms with Crippen LogP contribution in [0, 0.1) is 28.6 Å². The number of piperidine rings is 1. The maximum Gasteiger partial charge on any atom is 0.0440 e. The molecule has 1 saturated carbocycles. The average Bonchev–Trinajstić information content (AvgIpc) is 2.95. The van der Waals surface area contributed by atoms with Gasteiger partial charge in [0.15, 0.2) is 0 Å². The molecule has 5 atom stereocenters. The first-order valence-corrected chi connectivity index (χ1v) is 10.1. The molecule has 2 heteroatoms. The van der Waals surface area contributed by atoms with E-state index in [0.717, 1.165) is 24.2 Å². The molecule has 2 fully saturated rings. The van der Waals surface area contributed by atoms with Gasteiger partial charge in [0, 0.05) is 18.1 Å². The largest absolute Gasteiger partial charge is 0.396 e. The van der Waals surface area contributed by atoms with Crippen molar-refractivity contribution in [3.63, 3.8) is 0 Å². The predicted octanol–water partition coefficient (Wildman–Crippen LogP) is 4.29. The zero-order valence-corrected chi connectivity index (χ0v) is 15.3. The quantitative estimate of drug-likeness (QED) is 0.761. The SMILES string of the molecule is CC(C)[C@H]1CC[C@@]2(C)[C@H]3CCC4=C(CCC4)[C@@]2(CCO)[C@H]1NC3. The van der Waals surface area contributed by atoms with Gasteiger partial charge in [-0.2, -0.15) is 0 Å². The second kappa shape index (κ2) is 5.59. The van der Waals surface area contributed by atoms with Crippen molar-refractivity contribution in [2.75, 3.05) is 13.2 Å². The molecule has 0 aromatic rings. The Kier molecular flexibility index (Phi) is 3.93. The van der Waals surface area contributed by atoms with Gasteiger partial charge in [-0.3, -0.25) is 0 Å². The number of aliphatic hydroxyl groups is 1. The molecule has 1 heterocycles. The van der Waals surface area contributed by atoms with Crippen molar-refractivity contribution in [3.05, 3.63) is 11.1 Å². The molecule has 1 aliphatic heterocycles. The molecular formula is C21H35NO. The zero-order chi connectivity index (χ0) is 16.2. The van der Waals surface area contributed by atoms with Gasteiger partial charge in [0.05, 0.1) is 0 Å². The Morgan fingerprint density at radius 3 is 2.78 bits per heavy atom. The fraction of sp³-hybridized carbons (Fsp3) is 0.905. The minimum absolute atomic E-state index is 0.236. The first-order valence-electron chi connectivity index (χ1n) is 10.1. The number of nitrogens with one attached hydrogen (secondary N) is 1.